The van der Waals surface area contributed by atoms with Crippen molar-refractivity contribution >= 4 is 35.7 Å². The zero-order chi connectivity index (χ0) is 47.8. The highest BCUT2D eigenvalue weighted by Crippen LogP contribution is 2.43. The molecule has 14 heteroatoms. The lowest BCUT2D eigenvalue weighted by Crippen LogP contribution is -2.60. The summed E-state index contributed by atoms with van der Waals surface area (Å²) in [5.41, 5.74) is 3.54. The Morgan fingerprint density at radius 3 is 2.11 bits per heavy atom. The number of nitrogens with one attached hydrogen (secondary N) is 1. The largest absolute Gasteiger partial charge is 0.463 e. The minimum Gasteiger partial charge on any atom is -0.463 e. The SMILES string of the molecule is CCC(C)C1=C(Cc2ccc(CC(C)C(C)(C)C(=O)NC(C)(C)C(=O)N3CCC(N(C)C)CC3)cc2C)CC(C2OC(COC(C)=O)CC(OC(C)=O)C2OC(C)=O)C(OC(C)=O)=C1. The number of nitrogens with zero attached hydrogens (tertiary/aromatic N) is 2. The molecule has 1 aromatic carbocycles. The van der Waals surface area contributed by atoms with Gasteiger partial charge in [-0.3, -0.25) is 28.8 Å². The van der Waals surface area contributed by atoms with Crippen molar-refractivity contribution in [2.24, 2.45) is 23.2 Å². The molecule has 0 aromatic heterocycles. The van der Waals surface area contributed by atoms with Gasteiger partial charge in [0.15, 0.2) is 6.10 Å². The van der Waals surface area contributed by atoms with Crippen LogP contribution in [0.1, 0.15) is 125 Å². The van der Waals surface area contributed by atoms with Crippen LogP contribution in [0.2, 0.25) is 0 Å². The van der Waals surface area contributed by atoms with E-state index in [9.17, 15) is 28.8 Å². The van der Waals surface area contributed by atoms with Crippen LogP contribution in [0.15, 0.2) is 41.2 Å². The summed E-state index contributed by atoms with van der Waals surface area (Å²) in [6.07, 6.45) is 2.64. The normalized spacial score (nSPS) is 23.1. The molecule has 2 heterocycles. The summed E-state index contributed by atoms with van der Waals surface area (Å²) in [7, 11) is 4.13. The Balaban J connectivity index is 1.59. The van der Waals surface area contributed by atoms with Gasteiger partial charge in [0.05, 0.1) is 12.0 Å². The second-order valence-corrected chi connectivity index (χ2v) is 19.6. The van der Waals surface area contributed by atoms with Crippen molar-refractivity contribution in [1.29, 1.82) is 0 Å². The van der Waals surface area contributed by atoms with Gasteiger partial charge in [-0.1, -0.05) is 58.4 Å². The Morgan fingerprint density at radius 2 is 1.56 bits per heavy atom. The monoisotopic (exact) mass is 894 g/mol. The number of allylic oxidation sites excluding steroid dienone is 3. The van der Waals surface area contributed by atoms with E-state index in [1.165, 1.54) is 27.7 Å². The van der Waals surface area contributed by atoms with Crippen LogP contribution in [0.4, 0.5) is 0 Å². The number of aryl methyl sites for hydroxylation is 1. The summed E-state index contributed by atoms with van der Waals surface area (Å²) in [5.74, 6) is -2.67. The molecular formula is C50H75N3O11. The van der Waals surface area contributed by atoms with Gasteiger partial charge in [-0.15, -0.1) is 0 Å². The molecule has 64 heavy (non-hydrogen) atoms. The molecule has 7 unspecified atom stereocenters. The van der Waals surface area contributed by atoms with Crippen molar-refractivity contribution in [1.82, 2.24) is 15.1 Å². The first-order chi connectivity index (χ1) is 29.8. The van der Waals surface area contributed by atoms with Crippen LogP contribution in [-0.2, 0) is 65.3 Å². The first-order valence-corrected chi connectivity index (χ1v) is 23.0. The van der Waals surface area contributed by atoms with Crippen LogP contribution in [0, 0.1) is 30.1 Å². The molecule has 1 N–H and O–H groups in total. The van der Waals surface area contributed by atoms with Crippen molar-refractivity contribution in [3.8, 4) is 0 Å². The third-order valence-electron chi connectivity index (χ3n) is 13.6. The summed E-state index contributed by atoms with van der Waals surface area (Å²) in [4.78, 5) is 81.0. The molecule has 2 aliphatic heterocycles. The summed E-state index contributed by atoms with van der Waals surface area (Å²) in [5, 5.41) is 3.10. The highest BCUT2D eigenvalue weighted by Gasteiger charge is 2.49. The van der Waals surface area contributed by atoms with Gasteiger partial charge in [-0.05, 0) is 114 Å². The number of likely N-dealkylation sites (tertiary alicyclic amines) is 1. The summed E-state index contributed by atoms with van der Waals surface area (Å²) >= 11 is 0. The Kier molecular flexibility index (Phi) is 18.0. The predicted molar refractivity (Wildman–Crippen MR) is 242 cm³/mol. The predicted octanol–water partition coefficient (Wildman–Crippen LogP) is 6.58. The van der Waals surface area contributed by atoms with Gasteiger partial charge in [-0.25, -0.2) is 0 Å². The molecule has 0 bridgehead atoms. The molecule has 7 atom stereocenters. The molecule has 4 rings (SSSR count). The lowest BCUT2D eigenvalue weighted by atomic mass is 9.74. The molecule has 14 nitrogen and oxygen atoms in total. The number of hydrogen-bond donors (Lipinski definition) is 1. The van der Waals surface area contributed by atoms with Gasteiger partial charge < -0.3 is 38.8 Å². The molecule has 2 fully saturated rings. The van der Waals surface area contributed by atoms with Crippen LogP contribution in [-0.4, -0.2) is 115 Å². The lowest BCUT2D eigenvalue weighted by molar-refractivity contribution is -0.221. The maximum absolute atomic E-state index is 13.9. The van der Waals surface area contributed by atoms with E-state index in [2.05, 4.69) is 70.2 Å². The lowest BCUT2D eigenvalue weighted by Gasteiger charge is -2.44. The molecule has 356 valence electrons. The maximum Gasteiger partial charge on any atom is 0.307 e. The zero-order valence-corrected chi connectivity index (χ0v) is 40.9. The van der Waals surface area contributed by atoms with E-state index in [4.69, 9.17) is 23.7 Å². The second kappa shape index (κ2) is 22.1. The van der Waals surface area contributed by atoms with Crippen LogP contribution in [0.25, 0.3) is 0 Å². The number of benzene rings is 1. The first-order valence-electron chi connectivity index (χ1n) is 23.0. The van der Waals surface area contributed by atoms with Crippen LogP contribution >= 0.6 is 0 Å². The number of piperidine rings is 1. The third kappa shape index (κ3) is 13.5. The van der Waals surface area contributed by atoms with Gasteiger partial charge in [0.25, 0.3) is 0 Å². The highest BCUT2D eigenvalue weighted by atomic mass is 16.6. The van der Waals surface area contributed by atoms with Gasteiger partial charge in [-0.2, -0.15) is 0 Å². The molecule has 3 aliphatic rings. The maximum atomic E-state index is 13.9. The topological polar surface area (TPSA) is 167 Å². The van der Waals surface area contributed by atoms with Crippen molar-refractivity contribution in [3.63, 3.8) is 0 Å². The van der Waals surface area contributed by atoms with E-state index < -0.39 is 65.2 Å². The zero-order valence-electron chi connectivity index (χ0n) is 40.9. The van der Waals surface area contributed by atoms with Crippen molar-refractivity contribution in [2.45, 2.75) is 164 Å². The number of carbonyl (C=O) groups is 6. The highest BCUT2D eigenvalue weighted by molar-refractivity contribution is 5.92. The van der Waals surface area contributed by atoms with Crippen LogP contribution < -0.4 is 5.32 Å². The van der Waals surface area contributed by atoms with E-state index in [1.54, 1.807) is 13.8 Å². The van der Waals surface area contributed by atoms with Crippen molar-refractivity contribution < 1.29 is 52.5 Å². The van der Waals surface area contributed by atoms with Gasteiger partial charge in [0.2, 0.25) is 11.8 Å². The Morgan fingerprint density at radius 1 is 0.922 bits per heavy atom. The van der Waals surface area contributed by atoms with Crippen LogP contribution in [0.5, 0.6) is 0 Å². The fraction of sp³-hybridized carbons (Fsp3) is 0.680. The van der Waals surface area contributed by atoms with Gasteiger partial charge in [0.1, 0.15) is 30.1 Å². The van der Waals surface area contributed by atoms with Gasteiger partial charge in [0, 0.05) is 58.7 Å². The average Bonchev–Trinajstić information content (AvgIpc) is 3.20. The van der Waals surface area contributed by atoms with E-state index in [0.717, 1.165) is 47.1 Å². The molecule has 0 spiro atoms. The number of ether oxygens (including phenoxy) is 5. The quantitative estimate of drug-likeness (QED) is 0.132. The minimum absolute atomic E-state index is 0.0631. The number of esters is 4. The molecule has 2 saturated heterocycles. The smallest absolute Gasteiger partial charge is 0.307 e. The molecule has 1 aromatic rings. The van der Waals surface area contributed by atoms with E-state index in [0.29, 0.717) is 44.2 Å². The Bertz CT molecular complexity index is 1940. The molecule has 2 amide bonds. The number of carbonyl (C=O) groups excluding carboxylic acids is 6. The van der Waals surface area contributed by atoms with Gasteiger partial charge >= 0.3 is 23.9 Å². The fourth-order valence-electron chi connectivity index (χ4n) is 9.17. The van der Waals surface area contributed by atoms with Crippen molar-refractivity contribution in [2.75, 3.05) is 33.8 Å². The molecule has 0 saturated carbocycles. The fourth-order valence-corrected chi connectivity index (χ4v) is 9.17. The Hall–Kier alpha value is -4.56. The molecule has 1 aliphatic carbocycles. The van der Waals surface area contributed by atoms with E-state index in [1.807, 2.05) is 24.8 Å². The molecule has 0 radical (unpaired) electrons. The second-order valence-electron chi connectivity index (χ2n) is 19.6. The first kappa shape index (κ1) is 52.1. The summed E-state index contributed by atoms with van der Waals surface area (Å²) in [6, 6.07) is 6.84. The summed E-state index contributed by atoms with van der Waals surface area (Å²) in [6.45, 7) is 22.2. The van der Waals surface area contributed by atoms with E-state index >= 15 is 0 Å². The third-order valence-corrected chi connectivity index (χ3v) is 13.6. The summed E-state index contributed by atoms with van der Waals surface area (Å²) < 4.78 is 29.4. The molecular weight excluding hydrogens is 819 g/mol. The average molecular weight is 894 g/mol. The Labute approximate surface area is 381 Å². The van der Waals surface area contributed by atoms with Crippen molar-refractivity contribution in [3.05, 3.63) is 57.9 Å². The standard InChI is InChI=1S/C50H75N3O11/c1-15-29(2)41-27-43(61-33(6)55)42(45-46(63-35(8)57)44(62-34(7)56)26-40(64-45)28-60-32(5)54)25-38(41)24-37-17-16-36(22-30(37)3)23-31(4)49(9,10)47(58)51-50(11,12)48(59)53-20-18-39(19-21-53)52(13)14/h16-17,22,27,29,31,39-40,42,44-46H,15,18-21,23-26,28H2,1-14H3,(H,51,58). The van der Waals surface area contributed by atoms with E-state index in [-0.39, 0.29) is 36.7 Å². The van der Waals surface area contributed by atoms with Crippen LogP contribution in [0.3, 0.4) is 0 Å². The number of hydrogen-bond acceptors (Lipinski definition) is 12. The number of rotatable bonds is 17. The number of amides is 2. The minimum atomic E-state index is -1.05.